The first kappa shape index (κ1) is 23.7. The summed E-state index contributed by atoms with van der Waals surface area (Å²) in [7, 11) is 3.72. The van der Waals surface area contributed by atoms with Crippen molar-refractivity contribution >= 4 is 29.9 Å². The quantitative estimate of drug-likeness (QED) is 0.298. The average Bonchev–Trinajstić information content (AvgIpc) is 2.96. The van der Waals surface area contributed by atoms with E-state index >= 15 is 0 Å². The van der Waals surface area contributed by atoms with Crippen molar-refractivity contribution < 1.29 is 0 Å². The fraction of sp³-hybridized carbons (Fsp3) is 0.318. The minimum atomic E-state index is 0. The van der Waals surface area contributed by atoms with Gasteiger partial charge in [0.2, 0.25) is 0 Å². The van der Waals surface area contributed by atoms with Gasteiger partial charge in [-0.15, -0.1) is 24.0 Å². The first-order chi connectivity index (χ1) is 14.0. The van der Waals surface area contributed by atoms with Gasteiger partial charge in [0.1, 0.15) is 0 Å². The van der Waals surface area contributed by atoms with E-state index in [1.807, 2.05) is 24.7 Å². The van der Waals surface area contributed by atoms with E-state index in [2.05, 4.69) is 51.9 Å². The summed E-state index contributed by atoms with van der Waals surface area (Å²) in [6, 6.07) is 13.4. The molecule has 0 saturated heterocycles. The molecule has 0 spiro atoms. The molecule has 0 saturated carbocycles. The van der Waals surface area contributed by atoms with Gasteiger partial charge in [0.15, 0.2) is 5.96 Å². The van der Waals surface area contributed by atoms with Crippen LogP contribution in [0.4, 0.5) is 0 Å². The molecule has 0 bridgehead atoms. The highest BCUT2D eigenvalue weighted by molar-refractivity contribution is 14.0. The van der Waals surface area contributed by atoms with Crippen molar-refractivity contribution in [3.63, 3.8) is 0 Å². The van der Waals surface area contributed by atoms with Crippen LogP contribution in [0.1, 0.15) is 28.1 Å². The van der Waals surface area contributed by atoms with E-state index in [0.29, 0.717) is 19.6 Å². The average molecular weight is 520 g/mol. The van der Waals surface area contributed by atoms with Gasteiger partial charge < -0.3 is 15.2 Å². The van der Waals surface area contributed by atoms with E-state index in [4.69, 9.17) is 0 Å². The molecule has 0 unspecified atom stereocenters. The summed E-state index contributed by atoms with van der Waals surface area (Å²) in [5.41, 5.74) is 5.61. The Labute approximate surface area is 194 Å². The monoisotopic (exact) mass is 520 g/mol. The van der Waals surface area contributed by atoms with Gasteiger partial charge in [0.05, 0.1) is 12.2 Å². The van der Waals surface area contributed by atoms with Crippen molar-refractivity contribution in [1.29, 1.82) is 0 Å². The second-order valence-corrected chi connectivity index (χ2v) is 7.04. The number of aliphatic imine (C=N–C) groups is 1. The molecule has 0 atom stereocenters. The normalized spacial score (nSPS) is 11.1. The van der Waals surface area contributed by atoms with Crippen LogP contribution in [0.25, 0.3) is 0 Å². The maximum Gasteiger partial charge on any atom is 0.250 e. The Hall–Kier alpha value is -2.62. The molecule has 3 rings (SSSR count). The molecule has 2 aromatic heterocycles. The molecule has 0 aliphatic heterocycles. The number of halogens is 1. The third-order valence-corrected chi connectivity index (χ3v) is 5.05. The van der Waals surface area contributed by atoms with Gasteiger partial charge in [0, 0.05) is 50.7 Å². The van der Waals surface area contributed by atoms with Crippen LogP contribution in [0.15, 0.2) is 58.4 Å². The number of guanidine groups is 1. The number of nitrogens with one attached hydrogen (secondary N) is 2. The van der Waals surface area contributed by atoms with E-state index in [-0.39, 0.29) is 29.5 Å². The number of nitrogens with zero attached hydrogens (tertiary/aromatic N) is 4. The molecule has 0 amide bonds. The minimum absolute atomic E-state index is 0. The standard InChI is InChI=1S/C22H28N6O.HI/c1-16-20(17(2)27(4)26-16)14-25-22(23-3)24-13-18-8-10-19(11-9-18)15-28-12-6-5-7-21(28)29;/h5-12H,13-15H2,1-4H3,(H2,23,24,25);1H. The van der Waals surface area contributed by atoms with E-state index in [1.54, 1.807) is 29.9 Å². The lowest BCUT2D eigenvalue weighted by molar-refractivity contribution is 0.728. The van der Waals surface area contributed by atoms with Crippen LogP contribution in [0.3, 0.4) is 0 Å². The van der Waals surface area contributed by atoms with Crippen LogP contribution in [-0.4, -0.2) is 27.4 Å². The number of aryl methyl sites for hydroxylation is 2. The largest absolute Gasteiger partial charge is 0.352 e. The molecular formula is C22H29IN6O. The third-order valence-electron chi connectivity index (χ3n) is 5.05. The molecule has 30 heavy (non-hydrogen) atoms. The third kappa shape index (κ3) is 5.94. The van der Waals surface area contributed by atoms with Crippen LogP contribution >= 0.6 is 24.0 Å². The summed E-state index contributed by atoms with van der Waals surface area (Å²) >= 11 is 0. The topological polar surface area (TPSA) is 76.2 Å². The molecule has 160 valence electrons. The lowest BCUT2D eigenvalue weighted by atomic mass is 10.1. The Morgan fingerprint density at radius 3 is 2.30 bits per heavy atom. The zero-order valence-corrected chi connectivity index (χ0v) is 20.2. The van der Waals surface area contributed by atoms with Gasteiger partial charge in [-0.05, 0) is 31.0 Å². The van der Waals surface area contributed by atoms with E-state index in [0.717, 1.165) is 28.5 Å². The van der Waals surface area contributed by atoms with Gasteiger partial charge in [-0.25, -0.2) is 0 Å². The number of aromatic nitrogens is 3. The van der Waals surface area contributed by atoms with E-state index in [9.17, 15) is 4.79 Å². The highest BCUT2D eigenvalue weighted by Gasteiger charge is 2.09. The summed E-state index contributed by atoms with van der Waals surface area (Å²) in [6.07, 6.45) is 1.80. The summed E-state index contributed by atoms with van der Waals surface area (Å²) in [4.78, 5) is 16.1. The summed E-state index contributed by atoms with van der Waals surface area (Å²) in [5.74, 6) is 0.743. The molecule has 0 aliphatic carbocycles. The highest BCUT2D eigenvalue weighted by atomic mass is 127. The van der Waals surface area contributed by atoms with Crippen molar-refractivity contribution in [2.24, 2.45) is 12.0 Å². The zero-order valence-electron chi connectivity index (χ0n) is 17.8. The number of benzene rings is 1. The van der Waals surface area contributed by atoms with Crippen LogP contribution in [0, 0.1) is 13.8 Å². The summed E-state index contributed by atoms with van der Waals surface area (Å²) < 4.78 is 3.59. The Kier molecular flexibility index (Phi) is 8.64. The number of rotatable bonds is 6. The van der Waals surface area contributed by atoms with Crippen LogP contribution in [0.2, 0.25) is 0 Å². The molecule has 2 N–H and O–H groups in total. The Morgan fingerprint density at radius 2 is 1.70 bits per heavy atom. The molecule has 7 nitrogen and oxygen atoms in total. The second kappa shape index (κ2) is 11.0. The lowest BCUT2D eigenvalue weighted by Gasteiger charge is -2.13. The highest BCUT2D eigenvalue weighted by Crippen LogP contribution is 2.11. The van der Waals surface area contributed by atoms with Crippen molar-refractivity contribution in [1.82, 2.24) is 25.0 Å². The van der Waals surface area contributed by atoms with Crippen molar-refractivity contribution in [2.45, 2.75) is 33.5 Å². The first-order valence-electron chi connectivity index (χ1n) is 9.65. The number of pyridine rings is 1. The molecular weight excluding hydrogens is 491 g/mol. The first-order valence-corrected chi connectivity index (χ1v) is 9.65. The second-order valence-electron chi connectivity index (χ2n) is 7.04. The summed E-state index contributed by atoms with van der Waals surface area (Å²) in [6.45, 7) is 6.00. The van der Waals surface area contributed by atoms with Gasteiger partial charge in [-0.2, -0.15) is 5.10 Å². The molecule has 8 heteroatoms. The Bertz CT molecular complexity index is 1050. The molecule has 0 aliphatic rings. The molecule has 3 aromatic rings. The maximum atomic E-state index is 11.8. The maximum absolute atomic E-state index is 11.8. The fourth-order valence-corrected chi connectivity index (χ4v) is 3.20. The van der Waals surface area contributed by atoms with Gasteiger partial charge >= 0.3 is 0 Å². The number of hydrogen-bond acceptors (Lipinski definition) is 3. The molecule has 2 heterocycles. The predicted molar refractivity (Wildman–Crippen MR) is 131 cm³/mol. The lowest BCUT2D eigenvalue weighted by Crippen LogP contribution is -2.36. The number of hydrogen-bond donors (Lipinski definition) is 2. The van der Waals surface area contributed by atoms with Crippen LogP contribution < -0.4 is 16.2 Å². The zero-order chi connectivity index (χ0) is 20.8. The van der Waals surface area contributed by atoms with Gasteiger partial charge in [-0.3, -0.25) is 14.5 Å². The van der Waals surface area contributed by atoms with Gasteiger partial charge in [0.25, 0.3) is 5.56 Å². The minimum Gasteiger partial charge on any atom is -0.352 e. The Balaban J connectivity index is 0.00000320. The predicted octanol–water partition coefficient (Wildman–Crippen LogP) is 2.73. The fourth-order valence-electron chi connectivity index (χ4n) is 3.20. The smallest absolute Gasteiger partial charge is 0.250 e. The Morgan fingerprint density at radius 1 is 1.03 bits per heavy atom. The van der Waals surface area contributed by atoms with Crippen molar-refractivity contribution in [3.8, 4) is 0 Å². The molecule has 0 radical (unpaired) electrons. The van der Waals surface area contributed by atoms with Crippen LogP contribution in [-0.2, 0) is 26.7 Å². The summed E-state index contributed by atoms with van der Waals surface area (Å²) in [5, 5.41) is 11.1. The van der Waals surface area contributed by atoms with Crippen LogP contribution in [0.5, 0.6) is 0 Å². The van der Waals surface area contributed by atoms with E-state index in [1.165, 1.54) is 5.56 Å². The molecule has 0 fully saturated rings. The SMILES string of the molecule is CN=C(NCc1ccc(Cn2ccccc2=O)cc1)NCc1c(C)nn(C)c1C.I. The van der Waals surface area contributed by atoms with E-state index < -0.39 is 0 Å². The van der Waals surface area contributed by atoms with Gasteiger partial charge in [-0.1, -0.05) is 30.3 Å². The molecule has 1 aromatic carbocycles. The van der Waals surface area contributed by atoms with Crippen molar-refractivity contribution in [2.75, 3.05) is 7.05 Å². The van der Waals surface area contributed by atoms with Crippen molar-refractivity contribution in [3.05, 3.63) is 87.1 Å².